The molecule has 2 aromatic carbocycles. The van der Waals surface area contributed by atoms with Crippen molar-refractivity contribution in [1.29, 1.82) is 0 Å². The number of piperidine rings is 1. The first-order valence-electron chi connectivity index (χ1n) is 10.3. The second-order valence-corrected chi connectivity index (χ2v) is 7.74. The van der Waals surface area contributed by atoms with E-state index < -0.39 is 0 Å². The summed E-state index contributed by atoms with van der Waals surface area (Å²) in [4.78, 5) is 17.2. The lowest BCUT2D eigenvalue weighted by atomic mass is 10.00. The summed E-state index contributed by atoms with van der Waals surface area (Å²) in [6.07, 6.45) is 2.50. The van der Waals surface area contributed by atoms with Crippen LogP contribution in [0.3, 0.4) is 0 Å². The maximum Gasteiger partial charge on any atom is 0.226 e. The van der Waals surface area contributed by atoms with Gasteiger partial charge in [-0.1, -0.05) is 31.2 Å². The molecule has 28 heavy (non-hydrogen) atoms. The lowest BCUT2D eigenvalue weighted by molar-refractivity contribution is -0.119. The largest absolute Gasteiger partial charge is 0.497 e. The molecule has 0 unspecified atom stereocenters. The number of hydrogen-bond acceptors (Lipinski definition) is 3. The molecule has 2 aromatic rings. The van der Waals surface area contributed by atoms with Crippen molar-refractivity contribution in [2.24, 2.45) is 0 Å². The Labute approximate surface area is 169 Å². The van der Waals surface area contributed by atoms with Gasteiger partial charge in [-0.15, -0.1) is 0 Å². The minimum Gasteiger partial charge on any atom is -0.497 e. The summed E-state index contributed by atoms with van der Waals surface area (Å²) < 4.78 is 5.36. The normalized spacial score (nSPS) is 15.4. The topological polar surface area (TPSA) is 32.8 Å². The standard InChI is InChI=1S/C24H32N2O2/c1-5-24(27)26(22-7-6-8-23(16-22)28-4)21-11-13-25(14-12-21)17-20-10-9-18(2)19(3)15-20/h6-10,15-16,21H,5,11-14,17H2,1-4H3. The highest BCUT2D eigenvalue weighted by Crippen LogP contribution is 2.28. The maximum absolute atomic E-state index is 12.7. The Morgan fingerprint density at radius 2 is 1.86 bits per heavy atom. The number of carbonyl (C=O) groups excluding carboxylic acids is 1. The quantitative estimate of drug-likeness (QED) is 0.727. The van der Waals surface area contributed by atoms with Gasteiger partial charge in [0.1, 0.15) is 5.75 Å². The Balaban J connectivity index is 1.68. The summed E-state index contributed by atoms with van der Waals surface area (Å²) in [5.41, 5.74) is 5.01. The van der Waals surface area contributed by atoms with Crippen LogP contribution in [0.25, 0.3) is 0 Å². The van der Waals surface area contributed by atoms with Crippen molar-refractivity contribution in [3.05, 3.63) is 59.2 Å². The van der Waals surface area contributed by atoms with Gasteiger partial charge in [0.2, 0.25) is 5.91 Å². The van der Waals surface area contributed by atoms with E-state index in [1.54, 1.807) is 7.11 Å². The van der Waals surface area contributed by atoms with Crippen molar-refractivity contribution in [1.82, 2.24) is 4.90 Å². The van der Waals surface area contributed by atoms with E-state index >= 15 is 0 Å². The Hall–Kier alpha value is -2.33. The molecule has 4 nitrogen and oxygen atoms in total. The van der Waals surface area contributed by atoms with E-state index in [0.29, 0.717) is 6.42 Å². The SMILES string of the molecule is CCC(=O)N(c1cccc(OC)c1)C1CCN(Cc2ccc(C)c(C)c2)CC1. The summed E-state index contributed by atoms with van der Waals surface area (Å²) in [6.45, 7) is 9.26. The fourth-order valence-electron chi connectivity index (χ4n) is 3.98. The zero-order valence-electron chi connectivity index (χ0n) is 17.6. The van der Waals surface area contributed by atoms with Gasteiger partial charge in [-0.3, -0.25) is 9.69 Å². The molecule has 0 atom stereocenters. The van der Waals surface area contributed by atoms with Crippen LogP contribution < -0.4 is 9.64 Å². The number of carbonyl (C=O) groups is 1. The molecule has 4 heteroatoms. The molecule has 1 amide bonds. The average Bonchev–Trinajstić information content (AvgIpc) is 2.72. The van der Waals surface area contributed by atoms with Gasteiger partial charge in [0.25, 0.3) is 0 Å². The van der Waals surface area contributed by atoms with E-state index in [9.17, 15) is 4.79 Å². The molecular weight excluding hydrogens is 348 g/mol. The van der Waals surface area contributed by atoms with Gasteiger partial charge >= 0.3 is 0 Å². The van der Waals surface area contributed by atoms with Crippen LogP contribution in [-0.2, 0) is 11.3 Å². The molecule has 0 spiro atoms. The Morgan fingerprint density at radius 1 is 1.11 bits per heavy atom. The lowest BCUT2D eigenvalue weighted by Gasteiger charge is -2.38. The van der Waals surface area contributed by atoms with E-state index in [1.165, 1.54) is 16.7 Å². The van der Waals surface area contributed by atoms with Crippen LogP contribution in [0.1, 0.15) is 42.9 Å². The van der Waals surface area contributed by atoms with Crippen LogP contribution in [0.4, 0.5) is 5.69 Å². The molecule has 1 aliphatic rings. The number of rotatable bonds is 6. The van der Waals surface area contributed by atoms with Gasteiger partial charge < -0.3 is 9.64 Å². The monoisotopic (exact) mass is 380 g/mol. The highest BCUT2D eigenvalue weighted by molar-refractivity contribution is 5.94. The fourth-order valence-corrected chi connectivity index (χ4v) is 3.98. The number of hydrogen-bond donors (Lipinski definition) is 0. The van der Waals surface area contributed by atoms with Crippen LogP contribution in [0, 0.1) is 13.8 Å². The summed E-state index contributed by atoms with van der Waals surface area (Å²) >= 11 is 0. The van der Waals surface area contributed by atoms with Gasteiger partial charge in [0.15, 0.2) is 0 Å². The van der Waals surface area contributed by atoms with Crippen molar-refractivity contribution >= 4 is 11.6 Å². The number of aryl methyl sites for hydroxylation is 2. The minimum atomic E-state index is 0.181. The van der Waals surface area contributed by atoms with Gasteiger partial charge in [0, 0.05) is 43.9 Å². The molecule has 150 valence electrons. The fraction of sp³-hybridized carbons (Fsp3) is 0.458. The summed E-state index contributed by atoms with van der Waals surface area (Å²) in [7, 11) is 1.66. The van der Waals surface area contributed by atoms with Crippen molar-refractivity contribution in [2.75, 3.05) is 25.1 Å². The number of amides is 1. The number of benzene rings is 2. The molecule has 0 aromatic heterocycles. The Morgan fingerprint density at radius 3 is 2.50 bits per heavy atom. The lowest BCUT2D eigenvalue weighted by Crippen LogP contribution is -2.47. The molecular formula is C24H32N2O2. The van der Waals surface area contributed by atoms with Gasteiger partial charge in [-0.05, 0) is 55.5 Å². The van der Waals surface area contributed by atoms with Crippen LogP contribution in [-0.4, -0.2) is 37.0 Å². The summed E-state index contributed by atoms with van der Waals surface area (Å²) in [5.74, 6) is 0.972. The predicted octanol–water partition coefficient (Wildman–Crippen LogP) is 4.72. The molecule has 1 heterocycles. The van der Waals surface area contributed by atoms with Crippen LogP contribution >= 0.6 is 0 Å². The highest BCUT2D eigenvalue weighted by atomic mass is 16.5. The number of methoxy groups -OCH3 is 1. The van der Waals surface area contributed by atoms with Crippen LogP contribution in [0.5, 0.6) is 5.75 Å². The van der Waals surface area contributed by atoms with Crippen molar-refractivity contribution in [3.63, 3.8) is 0 Å². The smallest absolute Gasteiger partial charge is 0.226 e. The Bertz CT molecular complexity index is 810. The average molecular weight is 381 g/mol. The number of likely N-dealkylation sites (tertiary alicyclic amines) is 1. The number of nitrogens with zero attached hydrogens (tertiary/aromatic N) is 2. The molecule has 3 rings (SSSR count). The first kappa shape index (κ1) is 20.4. The number of anilines is 1. The summed E-state index contributed by atoms with van der Waals surface area (Å²) in [5, 5.41) is 0. The van der Waals surface area contributed by atoms with Gasteiger partial charge in [-0.25, -0.2) is 0 Å². The third kappa shape index (κ3) is 4.74. The maximum atomic E-state index is 12.7. The first-order chi connectivity index (χ1) is 13.5. The van der Waals surface area contributed by atoms with Gasteiger partial charge in [-0.2, -0.15) is 0 Å². The zero-order valence-corrected chi connectivity index (χ0v) is 17.6. The second-order valence-electron chi connectivity index (χ2n) is 7.74. The van der Waals surface area contributed by atoms with E-state index in [0.717, 1.165) is 43.9 Å². The van der Waals surface area contributed by atoms with E-state index in [1.807, 2.05) is 36.1 Å². The molecule has 1 aliphatic heterocycles. The zero-order chi connectivity index (χ0) is 20.1. The minimum absolute atomic E-state index is 0.181. The molecule has 1 fully saturated rings. The molecule has 0 radical (unpaired) electrons. The Kier molecular flexibility index (Phi) is 6.74. The second kappa shape index (κ2) is 9.24. The van der Waals surface area contributed by atoms with Crippen LogP contribution in [0.15, 0.2) is 42.5 Å². The molecule has 0 bridgehead atoms. The molecule has 1 saturated heterocycles. The van der Waals surface area contributed by atoms with E-state index in [2.05, 4.69) is 36.9 Å². The van der Waals surface area contributed by atoms with Crippen molar-refractivity contribution in [3.8, 4) is 5.75 Å². The van der Waals surface area contributed by atoms with Gasteiger partial charge in [0.05, 0.1) is 7.11 Å². The molecule has 0 aliphatic carbocycles. The number of ether oxygens (including phenoxy) is 1. The first-order valence-corrected chi connectivity index (χ1v) is 10.3. The highest BCUT2D eigenvalue weighted by Gasteiger charge is 2.28. The third-order valence-electron chi connectivity index (χ3n) is 5.80. The molecule has 0 N–H and O–H groups in total. The van der Waals surface area contributed by atoms with E-state index in [-0.39, 0.29) is 11.9 Å². The van der Waals surface area contributed by atoms with E-state index in [4.69, 9.17) is 4.74 Å². The predicted molar refractivity (Wildman–Crippen MR) is 115 cm³/mol. The van der Waals surface area contributed by atoms with Crippen LogP contribution in [0.2, 0.25) is 0 Å². The molecule has 0 saturated carbocycles. The van der Waals surface area contributed by atoms with Crippen molar-refractivity contribution in [2.45, 2.75) is 52.6 Å². The van der Waals surface area contributed by atoms with Crippen molar-refractivity contribution < 1.29 is 9.53 Å². The summed E-state index contributed by atoms with van der Waals surface area (Å²) in [6, 6.07) is 14.8. The third-order valence-corrected chi connectivity index (χ3v) is 5.80.